The van der Waals surface area contributed by atoms with Gasteiger partial charge in [-0.2, -0.15) is 0 Å². The smallest absolute Gasteiger partial charge is 0.254 e. The summed E-state index contributed by atoms with van der Waals surface area (Å²) in [6.07, 6.45) is 2.09. The molecule has 0 radical (unpaired) electrons. The summed E-state index contributed by atoms with van der Waals surface area (Å²) in [6, 6.07) is 17.4. The maximum absolute atomic E-state index is 13.0. The van der Waals surface area contributed by atoms with E-state index in [2.05, 4.69) is 17.1 Å². The van der Waals surface area contributed by atoms with Crippen LogP contribution in [0, 0.1) is 0 Å². The number of anilines is 1. The van der Waals surface area contributed by atoms with Gasteiger partial charge in [-0.25, -0.2) is 4.99 Å². The number of rotatable bonds is 10. The van der Waals surface area contributed by atoms with Crippen LogP contribution in [-0.4, -0.2) is 43.9 Å². The van der Waals surface area contributed by atoms with Crippen LogP contribution in [0.1, 0.15) is 31.7 Å². The van der Waals surface area contributed by atoms with E-state index in [1.165, 1.54) is 5.56 Å². The zero-order valence-electron chi connectivity index (χ0n) is 17.5. The van der Waals surface area contributed by atoms with Crippen LogP contribution in [0.2, 0.25) is 0 Å². The van der Waals surface area contributed by atoms with Gasteiger partial charge in [-0.15, -0.1) is 0 Å². The Morgan fingerprint density at radius 3 is 2.50 bits per heavy atom. The Morgan fingerprint density at radius 1 is 1.13 bits per heavy atom. The molecule has 30 heavy (non-hydrogen) atoms. The Hall–Kier alpha value is -3.15. The molecule has 0 aliphatic carbocycles. The first-order valence-electron chi connectivity index (χ1n) is 10.3. The summed E-state index contributed by atoms with van der Waals surface area (Å²) in [5.74, 6) is 0.169. The second-order valence-electron chi connectivity index (χ2n) is 7.23. The molecule has 0 bridgehead atoms. The van der Waals surface area contributed by atoms with Gasteiger partial charge in [-0.1, -0.05) is 37.3 Å². The minimum atomic E-state index is -0.363. The average Bonchev–Trinajstić information content (AvgIpc) is 3.27. The molecule has 1 atom stereocenters. The van der Waals surface area contributed by atoms with Gasteiger partial charge in [0, 0.05) is 12.2 Å². The fraction of sp³-hybridized carbons (Fsp3) is 0.375. The topological polar surface area (TPSA) is 68.2 Å². The van der Waals surface area contributed by atoms with Crippen molar-refractivity contribution in [3.8, 4) is 5.75 Å². The van der Waals surface area contributed by atoms with Gasteiger partial charge in [-0.3, -0.25) is 9.59 Å². The summed E-state index contributed by atoms with van der Waals surface area (Å²) in [5, 5.41) is 0. The number of aryl methyl sites for hydroxylation is 1. The van der Waals surface area contributed by atoms with Crippen molar-refractivity contribution in [2.45, 2.75) is 38.7 Å². The summed E-state index contributed by atoms with van der Waals surface area (Å²) >= 11 is 0. The number of ketones is 1. The van der Waals surface area contributed by atoms with Gasteiger partial charge in [0.25, 0.3) is 5.90 Å². The lowest BCUT2D eigenvalue weighted by atomic mass is 10.1. The van der Waals surface area contributed by atoms with Crippen LogP contribution in [0.25, 0.3) is 0 Å². The zero-order valence-corrected chi connectivity index (χ0v) is 17.5. The Morgan fingerprint density at radius 2 is 1.87 bits per heavy atom. The number of amides is 1. The fourth-order valence-corrected chi connectivity index (χ4v) is 3.34. The number of hydrogen-bond donors (Lipinski definition) is 0. The molecule has 0 fully saturated rings. The third kappa shape index (κ3) is 5.69. The number of ether oxygens (including phenoxy) is 2. The van der Waals surface area contributed by atoms with Crippen molar-refractivity contribution in [1.82, 2.24) is 0 Å². The van der Waals surface area contributed by atoms with Gasteiger partial charge in [-0.05, 0) is 49.1 Å². The van der Waals surface area contributed by atoms with Crippen LogP contribution in [0.3, 0.4) is 0 Å². The summed E-state index contributed by atoms with van der Waals surface area (Å²) in [5.41, 5.74) is 1.96. The van der Waals surface area contributed by atoms with Crippen molar-refractivity contribution in [2.24, 2.45) is 4.99 Å². The lowest BCUT2D eigenvalue weighted by molar-refractivity contribution is -0.124. The van der Waals surface area contributed by atoms with Crippen LogP contribution in [0.15, 0.2) is 59.6 Å². The molecule has 0 spiro atoms. The molecule has 0 aromatic heterocycles. The van der Waals surface area contributed by atoms with Crippen molar-refractivity contribution >= 4 is 23.3 Å². The molecule has 3 rings (SSSR count). The number of carbonyl (C=O) groups excluding carboxylic acids is 2. The normalized spacial score (nSPS) is 15.3. The molecule has 1 aliphatic heterocycles. The van der Waals surface area contributed by atoms with Crippen LogP contribution >= 0.6 is 0 Å². The third-order valence-electron chi connectivity index (χ3n) is 5.10. The quantitative estimate of drug-likeness (QED) is 0.561. The predicted octanol–water partition coefficient (Wildman–Crippen LogP) is 3.83. The molecule has 2 aromatic carbocycles. The molecular formula is C24H28N2O4. The summed E-state index contributed by atoms with van der Waals surface area (Å²) in [4.78, 5) is 31.4. The number of Topliss-reactive ketones (excluding diaryl/α,β-unsaturated/α-hetero) is 1. The highest BCUT2D eigenvalue weighted by molar-refractivity contribution is 6.40. The molecule has 158 valence electrons. The Bertz CT molecular complexity index is 878. The molecule has 0 N–H and O–H groups in total. The molecule has 6 nitrogen and oxygen atoms in total. The zero-order chi connectivity index (χ0) is 21.3. The number of carbonyl (C=O) groups is 2. The number of aliphatic imine (C=N–C) groups is 1. The van der Waals surface area contributed by atoms with E-state index < -0.39 is 0 Å². The van der Waals surface area contributed by atoms with Crippen molar-refractivity contribution in [3.05, 3.63) is 60.2 Å². The minimum absolute atomic E-state index is 0.0670. The number of nitrogens with zero attached hydrogens (tertiary/aromatic N) is 2. The van der Waals surface area contributed by atoms with Gasteiger partial charge in [0.05, 0.1) is 20.1 Å². The molecule has 0 saturated heterocycles. The highest BCUT2D eigenvalue weighted by atomic mass is 16.5. The van der Waals surface area contributed by atoms with E-state index in [1.54, 1.807) is 12.0 Å². The van der Waals surface area contributed by atoms with Crippen molar-refractivity contribution < 1.29 is 19.1 Å². The molecule has 1 heterocycles. The van der Waals surface area contributed by atoms with Crippen molar-refractivity contribution in [2.75, 3.05) is 25.1 Å². The van der Waals surface area contributed by atoms with E-state index in [-0.39, 0.29) is 30.1 Å². The molecule has 1 aliphatic rings. The number of benzene rings is 2. The molecule has 1 unspecified atom stereocenters. The summed E-state index contributed by atoms with van der Waals surface area (Å²) < 4.78 is 10.8. The first kappa shape index (κ1) is 21.6. The van der Waals surface area contributed by atoms with Crippen LogP contribution in [-0.2, 0) is 20.7 Å². The predicted molar refractivity (Wildman–Crippen MR) is 117 cm³/mol. The lowest BCUT2D eigenvalue weighted by Gasteiger charge is -2.23. The van der Waals surface area contributed by atoms with E-state index in [0.29, 0.717) is 18.8 Å². The second-order valence-corrected chi connectivity index (χ2v) is 7.23. The van der Waals surface area contributed by atoms with E-state index in [1.807, 2.05) is 49.4 Å². The van der Waals surface area contributed by atoms with Crippen molar-refractivity contribution in [3.63, 3.8) is 0 Å². The van der Waals surface area contributed by atoms with Crippen LogP contribution in [0.5, 0.6) is 5.75 Å². The largest absolute Gasteiger partial charge is 0.497 e. The maximum atomic E-state index is 13.0. The SMILES string of the molecule is CCC1CN=C(C(=O)CC(=O)N(CCCc2ccccc2)c2ccc(OC)cc2)O1. The van der Waals surface area contributed by atoms with E-state index in [4.69, 9.17) is 9.47 Å². The van der Waals surface area contributed by atoms with E-state index >= 15 is 0 Å². The lowest BCUT2D eigenvalue weighted by Crippen LogP contribution is -2.35. The van der Waals surface area contributed by atoms with Crippen LogP contribution in [0.4, 0.5) is 5.69 Å². The van der Waals surface area contributed by atoms with Gasteiger partial charge >= 0.3 is 0 Å². The second kappa shape index (κ2) is 10.6. The minimum Gasteiger partial charge on any atom is -0.497 e. The monoisotopic (exact) mass is 408 g/mol. The van der Waals surface area contributed by atoms with E-state index in [0.717, 1.165) is 24.9 Å². The first-order chi connectivity index (χ1) is 14.6. The van der Waals surface area contributed by atoms with Crippen LogP contribution < -0.4 is 9.64 Å². The average molecular weight is 408 g/mol. The number of hydrogen-bond acceptors (Lipinski definition) is 5. The molecule has 0 saturated carbocycles. The summed E-state index contributed by atoms with van der Waals surface area (Å²) in [6.45, 7) is 2.97. The Kier molecular flexibility index (Phi) is 7.60. The Balaban J connectivity index is 1.67. The number of methoxy groups -OCH3 is 1. The molecular weight excluding hydrogens is 380 g/mol. The molecule has 6 heteroatoms. The van der Waals surface area contributed by atoms with E-state index in [9.17, 15) is 9.59 Å². The Labute approximate surface area is 177 Å². The van der Waals surface area contributed by atoms with Gasteiger partial charge < -0.3 is 14.4 Å². The van der Waals surface area contributed by atoms with Gasteiger partial charge in [0.15, 0.2) is 0 Å². The fourth-order valence-electron chi connectivity index (χ4n) is 3.34. The van der Waals surface area contributed by atoms with Gasteiger partial charge in [0.2, 0.25) is 11.7 Å². The highest BCUT2D eigenvalue weighted by Gasteiger charge is 2.27. The maximum Gasteiger partial charge on any atom is 0.254 e. The highest BCUT2D eigenvalue weighted by Crippen LogP contribution is 2.21. The van der Waals surface area contributed by atoms with Crippen molar-refractivity contribution in [1.29, 1.82) is 0 Å². The standard InChI is InChI=1S/C24H28N2O4/c1-3-20-17-25-24(30-20)22(27)16-23(28)26(19-11-13-21(29-2)14-12-19)15-7-10-18-8-5-4-6-9-18/h4-6,8-9,11-14,20H,3,7,10,15-17H2,1-2H3. The molecule has 2 aromatic rings. The molecule has 1 amide bonds. The first-order valence-corrected chi connectivity index (χ1v) is 10.3. The summed E-state index contributed by atoms with van der Waals surface area (Å²) in [7, 11) is 1.60. The third-order valence-corrected chi connectivity index (χ3v) is 5.10. The van der Waals surface area contributed by atoms with Gasteiger partial charge in [0.1, 0.15) is 11.9 Å².